The molecule has 0 heterocycles. The van der Waals surface area contributed by atoms with Crippen LogP contribution in [0.15, 0.2) is 158 Å². The van der Waals surface area contributed by atoms with Gasteiger partial charge < -0.3 is 30.4 Å². The third-order valence-electron chi connectivity index (χ3n) is 9.97. The Morgan fingerprint density at radius 1 is 0.433 bits per heavy atom. The van der Waals surface area contributed by atoms with Gasteiger partial charge in [0.1, 0.15) is 23.0 Å². The van der Waals surface area contributed by atoms with Crippen molar-refractivity contribution in [2.75, 3.05) is 11.5 Å². The maximum Gasteiger partial charge on any atom is 0.573 e. The predicted molar refractivity (Wildman–Crippen MR) is 238 cm³/mol. The molecule has 0 aliphatic rings. The molecule has 0 amide bonds. The summed E-state index contributed by atoms with van der Waals surface area (Å²) in [5, 5.41) is 0. The average molecular weight is 923 g/mol. The van der Waals surface area contributed by atoms with Crippen LogP contribution in [0.5, 0.6) is 23.0 Å². The molecule has 0 radical (unpaired) electrons. The van der Waals surface area contributed by atoms with Crippen molar-refractivity contribution in [3.05, 3.63) is 191 Å². The van der Waals surface area contributed by atoms with Crippen LogP contribution in [0.1, 0.15) is 55.8 Å². The minimum Gasteiger partial charge on any atom is -0.423 e. The van der Waals surface area contributed by atoms with E-state index in [-0.39, 0.29) is 47.0 Å². The van der Waals surface area contributed by atoms with Gasteiger partial charge in [-0.2, -0.15) is 0 Å². The average Bonchev–Trinajstić information content (AvgIpc) is 3.27. The van der Waals surface area contributed by atoms with E-state index in [1.165, 1.54) is 36.4 Å². The number of alkyl halides is 6. The van der Waals surface area contributed by atoms with Gasteiger partial charge >= 0.3 is 24.7 Å². The maximum atomic E-state index is 13.9. The molecule has 67 heavy (non-hydrogen) atoms. The number of carbonyl (C=O) groups is 4. The molecule has 0 fully saturated rings. The number of nitrogen functional groups attached to an aromatic ring is 2. The van der Waals surface area contributed by atoms with Crippen molar-refractivity contribution < 1.29 is 64.5 Å². The zero-order chi connectivity index (χ0) is 48.2. The second-order valence-electron chi connectivity index (χ2n) is 15.4. The number of rotatable bonds is 18. The lowest BCUT2D eigenvalue weighted by atomic mass is 9.69. The molecule has 0 aliphatic carbocycles. The summed E-state index contributed by atoms with van der Waals surface area (Å²) < 4.78 is 93.2. The SMILES string of the molecule is Nc1ccc(CC(CC(=O)/C=C/c2ccc(C(=O)Oc3ccc(OC(F)(F)F)cc3)cc2)(CC(=O)/C=C/c2ccc(C(=O)Oc3ccc(OC(F)(F)F)cc3)cc2)Cc2ccc(N)cc2)cc1. The van der Waals surface area contributed by atoms with Gasteiger partial charge in [-0.1, -0.05) is 60.7 Å². The quantitative estimate of drug-likeness (QED) is 0.0279. The lowest BCUT2D eigenvalue weighted by Crippen LogP contribution is -2.32. The summed E-state index contributed by atoms with van der Waals surface area (Å²) in [5.74, 6) is -3.08. The van der Waals surface area contributed by atoms with Gasteiger partial charge in [0.25, 0.3) is 0 Å². The molecule has 6 aromatic rings. The van der Waals surface area contributed by atoms with E-state index in [2.05, 4.69) is 9.47 Å². The van der Waals surface area contributed by atoms with Gasteiger partial charge in [0.2, 0.25) is 0 Å². The number of allylic oxidation sites excluding steroid dienone is 2. The van der Waals surface area contributed by atoms with Gasteiger partial charge in [-0.3, -0.25) is 9.59 Å². The van der Waals surface area contributed by atoms with Crippen LogP contribution in [0.4, 0.5) is 37.7 Å². The molecule has 0 unspecified atom stereocenters. The summed E-state index contributed by atoms with van der Waals surface area (Å²) in [4.78, 5) is 53.4. The summed E-state index contributed by atoms with van der Waals surface area (Å²) in [6.07, 6.45) is -3.34. The highest BCUT2D eigenvalue weighted by atomic mass is 19.4. The van der Waals surface area contributed by atoms with Crippen molar-refractivity contribution in [1.29, 1.82) is 0 Å². The Labute approximate surface area is 380 Å². The number of halogens is 6. The van der Waals surface area contributed by atoms with Crippen molar-refractivity contribution in [2.24, 2.45) is 5.41 Å². The second kappa shape index (κ2) is 21.2. The maximum absolute atomic E-state index is 13.9. The fraction of sp³-hybridized carbons (Fsp3) is 0.137. The van der Waals surface area contributed by atoms with Gasteiger partial charge in [0.05, 0.1) is 11.1 Å². The molecule has 0 saturated heterocycles. The van der Waals surface area contributed by atoms with Crippen LogP contribution in [0, 0.1) is 5.41 Å². The molecule has 0 aromatic heterocycles. The van der Waals surface area contributed by atoms with E-state index in [0.29, 0.717) is 35.3 Å². The molecule has 0 saturated carbocycles. The summed E-state index contributed by atoms with van der Waals surface area (Å²) in [7, 11) is 0. The molecule has 0 bridgehead atoms. The number of nitrogens with two attached hydrogens (primary N) is 2. The lowest BCUT2D eigenvalue weighted by Gasteiger charge is -2.33. The van der Waals surface area contributed by atoms with Gasteiger partial charge in [-0.25, -0.2) is 9.59 Å². The fourth-order valence-corrected chi connectivity index (χ4v) is 6.96. The van der Waals surface area contributed by atoms with Crippen LogP contribution in [-0.4, -0.2) is 36.2 Å². The Morgan fingerprint density at radius 3 is 1.06 bits per heavy atom. The van der Waals surface area contributed by atoms with E-state index in [0.717, 1.165) is 59.7 Å². The number of benzene rings is 6. The minimum absolute atomic E-state index is 0.00415. The van der Waals surface area contributed by atoms with Crippen molar-refractivity contribution in [3.8, 4) is 23.0 Å². The summed E-state index contributed by atoms with van der Waals surface area (Å²) in [6, 6.07) is 35.2. The molecule has 6 rings (SSSR count). The highest BCUT2D eigenvalue weighted by Crippen LogP contribution is 2.37. The topological polar surface area (TPSA) is 157 Å². The molecule has 0 aliphatic heterocycles. The number of hydrogen-bond donors (Lipinski definition) is 2. The Bertz CT molecular complexity index is 2530. The van der Waals surface area contributed by atoms with Crippen molar-refractivity contribution in [3.63, 3.8) is 0 Å². The lowest BCUT2D eigenvalue weighted by molar-refractivity contribution is -0.275. The third-order valence-corrected chi connectivity index (χ3v) is 9.97. The normalized spacial score (nSPS) is 11.9. The molecule has 6 aromatic carbocycles. The van der Waals surface area contributed by atoms with Gasteiger partial charge in [-0.15, -0.1) is 26.3 Å². The second-order valence-corrected chi connectivity index (χ2v) is 15.4. The van der Waals surface area contributed by atoms with E-state index in [1.807, 2.05) is 24.3 Å². The van der Waals surface area contributed by atoms with Crippen LogP contribution >= 0.6 is 0 Å². The number of hydrogen-bond acceptors (Lipinski definition) is 10. The summed E-state index contributed by atoms with van der Waals surface area (Å²) in [5.41, 5.74) is 15.1. The number of ketones is 2. The van der Waals surface area contributed by atoms with E-state index in [4.69, 9.17) is 20.9 Å². The van der Waals surface area contributed by atoms with Crippen LogP contribution in [-0.2, 0) is 22.4 Å². The van der Waals surface area contributed by atoms with Crippen molar-refractivity contribution >= 4 is 47.0 Å². The first-order chi connectivity index (χ1) is 31.8. The standard InChI is InChI=1S/C51H40F6N2O8/c52-50(53,54)66-45-25-21-43(22-26-45)64-47(62)37-11-1-33(2-12-37)9-19-41(60)31-49(29-35-5-15-39(58)16-6-35,30-36-7-17-40(59)18-8-36)32-42(61)20-10-34-3-13-38(14-4-34)48(63)65-44-23-27-46(28-24-44)67-51(55,56)57/h1-28H,29-32,58-59H2/b19-9+,20-10+. The highest BCUT2D eigenvalue weighted by Gasteiger charge is 2.35. The summed E-state index contributed by atoms with van der Waals surface area (Å²) in [6.45, 7) is 0. The third kappa shape index (κ3) is 15.5. The van der Waals surface area contributed by atoms with Gasteiger partial charge in [0.15, 0.2) is 11.6 Å². The number of carbonyl (C=O) groups excluding carboxylic acids is 4. The van der Waals surface area contributed by atoms with Crippen LogP contribution in [0.3, 0.4) is 0 Å². The van der Waals surface area contributed by atoms with Crippen LogP contribution < -0.4 is 30.4 Å². The largest absolute Gasteiger partial charge is 0.573 e. The van der Waals surface area contributed by atoms with Gasteiger partial charge in [0, 0.05) is 24.2 Å². The van der Waals surface area contributed by atoms with E-state index >= 15 is 0 Å². The first-order valence-corrected chi connectivity index (χ1v) is 20.2. The molecular weight excluding hydrogens is 883 g/mol. The zero-order valence-corrected chi connectivity index (χ0v) is 35.2. The van der Waals surface area contributed by atoms with Crippen molar-refractivity contribution in [1.82, 2.24) is 0 Å². The number of anilines is 2. The molecule has 16 heteroatoms. The molecule has 344 valence electrons. The smallest absolute Gasteiger partial charge is 0.423 e. The molecule has 4 N–H and O–H groups in total. The summed E-state index contributed by atoms with van der Waals surface area (Å²) >= 11 is 0. The Kier molecular flexibility index (Phi) is 15.3. The zero-order valence-electron chi connectivity index (χ0n) is 35.2. The minimum atomic E-state index is -4.87. The van der Waals surface area contributed by atoms with Crippen molar-refractivity contribution in [2.45, 2.75) is 38.4 Å². The molecule has 0 atom stereocenters. The monoisotopic (exact) mass is 922 g/mol. The van der Waals surface area contributed by atoms with Gasteiger partial charge in [-0.05, 0) is 150 Å². The Morgan fingerprint density at radius 2 is 0.746 bits per heavy atom. The van der Waals surface area contributed by atoms with Crippen LogP contribution in [0.25, 0.3) is 12.2 Å². The van der Waals surface area contributed by atoms with E-state index in [1.54, 1.807) is 60.7 Å². The fourth-order valence-electron chi connectivity index (χ4n) is 6.96. The predicted octanol–water partition coefficient (Wildman–Crippen LogP) is 11.2. The first-order valence-electron chi connectivity index (χ1n) is 20.2. The number of ether oxygens (including phenoxy) is 4. The first kappa shape index (κ1) is 48.3. The Balaban J connectivity index is 1.16. The Hall–Kier alpha value is -8.14. The highest BCUT2D eigenvalue weighted by molar-refractivity contribution is 5.97. The molecular formula is C51H40F6N2O8. The molecule has 10 nitrogen and oxygen atoms in total. The van der Waals surface area contributed by atoms with E-state index < -0.39 is 41.6 Å². The van der Waals surface area contributed by atoms with E-state index in [9.17, 15) is 45.5 Å². The molecule has 0 spiro atoms. The van der Waals surface area contributed by atoms with Crippen LogP contribution in [0.2, 0.25) is 0 Å². The number of esters is 2.